The summed E-state index contributed by atoms with van der Waals surface area (Å²) in [5.74, 6) is 0.761. The summed E-state index contributed by atoms with van der Waals surface area (Å²) < 4.78 is 0. The fourth-order valence-corrected chi connectivity index (χ4v) is 4.14. The van der Waals surface area contributed by atoms with Gasteiger partial charge in [0.15, 0.2) is 5.17 Å². The van der Waals surface area contributed by atoms with Crippen LogP contribution >= 0.6 is 11.8 Å². The van der Waals surface area contributed by atoms with E-state index in [0.717, 1.165) is 36.3 Å². The molecular formula is C18H25N3OS. The van der Waals surface area contributed by atoms with Gasteiger partial charge in [-0.2, -0.15) is 4.99 Å². The second-order valence-electron chi connectivity index (χ2n) is 6.33. The first-order valence-electron chi connectivity index (χ1n) is 8.63. The fourth-order valence-electron chi connectivity index (χ4n) is 3.17. The second-order valence-corrected chi connectivity index (χ2v) is 7.52. The van der Waals surface area contributed by atoms with Gasteiger partial charge in [0.25, 0.3) is 5.91 Å². The summed E-state index contributed by atoms with van der Waals surface area (Å²) in [6.45, 7) is 1.76. The van der Waals surface area contributed by atoms with Crippen molar-refractivity contribution in [3.63, 3.8) is 0 Å². The van der Waals surface area contributed by atoms with E-state index in [4.69, 9.17) is 0 Å². The van der Waals surface area contributed by atoms with Gasteiger partial charge < -0.3 is 10.6 Å². The third kappa shape index (κ3) is 4.99. The molecule has 1 saturated carbocycles. The van der Waals surface area contributed by atoms with E-state index in [-0.39, 0.29) is 11.2 Å². The molecular weight excluding hydrogens is 306 g/mol. The molecule has 0 bridgehead atoms. The van der Waals surface area contributed by atoms with Crippen molar-refractivity contribution in [2.24, 2.45) is 10.9 Å². The van der Waals surface area contributed by atoms with Crippen LogP contribution in [0.5, 0.6) is 0 Å². The number of hydrogen-bond donors (Lipinski definition) is 2. The Hall–Kier alpha value is -1.49. The molecule has 1 aliphatic heterocycles. The minimum Gasteiger partial charge on any atom is -0.385 e. The van der Waals surface area contributed by atoms with Gasteiger partial charge in [0.2, 0.25) is 0 Å². The van der Waals surface area contributed by atoms with Crippen molar-refractivity contribution in [1.29, 1.82) is 0 Å². The largest absolute Gasteiger partial charge is 0.385 e. The van der Waals surface area contributed by atoms with Gasteiger partial charge in [-0.25, -0.2) is 0 Å². The Bertz CT molecular complexity index is 540. The molecule has 1 atom stereocenters. The average molecular weight is 331 g/mol. The van der Waals surface area contributed by atoms with Gasteiger partial charge in [0, 0.05) is 18.8 Å². The number of para-hydroxylation sites is 1. The molecule has 2 aliphatic rings. The van der Waals surface area contributed by atoms with Gasteiger partial charge in [-0.15, -0.1) is 0 Å². The summed E-state index contributed by atoms with van der Waals surface area (Å²) >= 11 is 1.59. The van der Waals surface area contributed by atoms with Crippen LogP contribution in [0.25, 0.3) is 0 Å². The highest BCUT2D eigenvalue weighted by Crippen LogP contribution is 2.26. The number of anilines is 1. The summed E-state index contributed by atoms with van der Waals surface area (Å²) in [6, 6.07) is 10.1. The number of carbonyl (C=O) groups is 1. The van der Waals surface area contributed by atoms with Crippen LogP contribution in [0.15, 0.2) is 35.3 Å². The number of benzene rings is 1. The van der Waals surface area contributed by atoms with Crippen LogP contribution in [0.4, 0.5) is 5.69 Å². The molecule has 0 saturated heterocycles. The number of rotatable bonds is 6. The van der Waals surface area contributed by atoms with Crippen molar-refractivity contribution in [2.45, 2.75) is 43.8 Å². The molecule has 0 radical (unpaired) electrons. The standard InChI is InChI=1S/C18H25N3OS/c22-17-16(11-12-19-15-9-5-2-6-10-15)23-18(21-17)20-13-14-7-3-1-4-8-14/h2,5-6,9-10,14,16,19H,1,3-4,7-8,11-13H2,(H,20,21,22). The number of nitrogens with zero attached hydrogens (tertiary/aromatic N) is 1. The molecule has 3 rings (SSSR count). The normalized spacial score (nSPS) is 22.0. The van der Waals surface area contributed by atoms with Crippen molar-refractivity contribution < 1.29 is 4.79 Å². The number of amidine groups is 1. The molecule has 1 aromatic carbocycles. The summed E-state index contributed by atoms with van der Waals surface area (Å²) in [5, 5.41) is 7.53. The van der Waals surface area contributed by atoms with Crippen LogP contribution in [0.1, 0.15) is 38.5 Å². The summed E-state index contributed by atoms with van der Waals surface area (Å²) in [4.78, 5) is 16.2. The molecule has 4 nitrogen and oxygen atoms in total. The monoisotopic (exact) mass is 331 g/mol. The lowest BCUT2D eigenvalue weighted by Crippen LogP contribution is -2.28. The molecule has 1 heterocycles. The number of carbonyl (C=O) groups excluding carboxylic acids is 1. The topological polar surface area (TPSA) is 53.5 Å². The highest BCUT2D eigenvalue weighted by atomic mass is 32.2. The molecule has 1 unspecified atom stereocenters. The third-order valence-corrected chi connectivity index (χ3v) is 5.70. The Balaban J connectivity index is 1.37. The maximum Gasteiger partial charge on any atom is 0.261 e. The SMILES string of the molecule is O=C1N=C(NCC2CCCCC2)SC1CCNc1ccccc1. The lowest BCUT2D eigenvalue weighted by atomic mass is 9.89. The van der Waals surface area contributed by atoms with Gasteiger partial charge >= 0.3 is 0 Å². The predicted octanol–water partition coefficient (Wildman–Crippen LogP) is 3.66. The van der Waals surface area contributed by atoms with Crippen molar-refractivity contribution >= 4 is 28.5 Å². The van der Waals surface area contributed by atoms with E-state index in [1.165, 1.54) is 32.1 Å². The quantitative estimate of drug-likeness (QED) is 0.835. The van der Waals surface area contributed by atoms with Gasteiger partial charge in [0.05, 0.1) is 5.25 Å². The van der Waals surface area contributed by atoms with Crippen molar-refractivity contribution in [1.82, 2.24) is 5.32 Å². The number of aliphatic imine (C=N–C) groups is 1. The van der Waals surface area contributed by atoms with E-state index in [2.05, 4.69) is 15.6 Å². The second kappa shape index (κ2) is 8.39. The van der Waals surface area contributed by atoms with Gasteiger partial charge in [0.1, 0.15) is 0 Å². The van der Waals surface area contributed by atoms with Gasteiger partial charge in [-0.1, -0.05) is 49.2 Å². The van der Waals surface area contributed by atoms with E-state index < -0.39 is 0 Å². The molecule has 5 heteroatoms. The van der Waals surface area contributed by atoms with E-state index in [1.807, 2.05) is 30.3 Å². The van der Waals surface area contributed by atoms with Crippen molar-refractivity contribution in [3.8, 4) is 0 Å². The number of thioether (sulfide) groups is 1. The zero-order valence-electron chi connectivity index (χ0n) is 13.5. The Labute approximate surface area is 142 Å². The fraction of sp³-hybridized carbons (Fsp3) is 0.556. The van der Waals surface area contributed by atoms with Crippen LogP contribution in [-0.2, 0) is 4.79 Å². The molecule has 1 aromatic rings. The molecule has 1 fully saturated rings. The first-order chi connectivity index (χ1) is 11.3. The summed E-state index contributed by atoms with van der Waals surface area (Å²) in [7, 11) is 0. The van der Waals surface area contributed by atoms with Crippen LogP contribution in [0.2, 0.25) is 0 Å². The van der Waals surface area contributed by atoms with E-state index >= 15 is 0 Å². The zero-order valence-corrected chi connectivity index (χ0v) is 14.3. The molecule has 23 heavy (non-hydrogen) atoms. The Morgan fingerprint density at radius 1 is 1.09 bits per heavy atom. The predicted molar refractivity (Wildman–Crippen MR) is 97.9 cm³/mol. The zero-order chi connectivity index (χ0) is 15.9. The summed E-state index contributed by atoms with van der Waals surface area (Å²) in [6.07, 6.45) is 7.49. The molecule has 2 N–H and O–H groups in total. The Kier molecular flexibility index (Phi) is 5.97. The van der Waals surface area contributed by atoms with E-state index in [1.54, 1.807) is 11.8 Å². The lowest BCUT2D eigenvalue weighted by Gasteiger charge is -2.22. The first kappa shape index (κ1) is 16.4. The Morgan fingerprint density at radius 3 is 2.65 bits per heavy atom. The van der Waals surface area contributed by atoms with Crippen LogP contribution < -0.4 is 10.6 Å². The minimum atomic E-state index is -0.0416. The van der Waals surface area contributed by atoms with Crippen molar-refractivity contribution in [3.05, 3.63) is 30.3 Å². The van der Waals surface area contributed by atoms with Crippen LogP contribution in [0.3, 0.4) is 0 Å². The van der Waals surface area contributed by atoms with E-state index in [9.17, 15) is 4.79 Å². The third-order valence-electron chi connectivity index (χ3n) is 4.52. The van der Waals surface area contributed by atoms with Crippen LogP contribution in [0, 0.1) is 5.92 Å². The molecule has 124 valence electrons. The molecule has 1 amide bonds. The smallest absolute Gasteiger partial charge is 0.261 e. The summed E-state index contributed by atoms with van der Waals surface area (Å²) in [5.41, 5.74) is 1.10. The van der Waals surface area contributed by atoms with Crippen LogP contribution in [-0.4, -0.2) is 29.4 Å². The van der Waals surface area contributed by atoms with Gasteiger partial charge in [-0.05, 0) is 37.3 Å². The highest BCUT2D eigenvalue weighted by molar-refractivity contribution is 8.15. The molecule has 0 aromatic heterocycles. The number of nitrogens with one attached hydrogen (secondary N) is 2. The van der Waals surface area contributed by atoms with Gasteiger partial charge in [-0.3, -0.25) is 4.79 Å². The van der Waals surface area contributed by atoms with E-state index in [0.29, 0.717) is 0 Å². The lowest BCUT2D eigenvalue weighted by molar-refractivity contribution is -0.117. The first-order valence-corrected chi connectivity index (χ1v) is 9.51. The minimum absolute atomic E-state index is 0.0102. The average Bonchev–Trinajstić information content (AvgIpc) is 2.95. The molecule has 0 spiro atoms. The number of hydrogen-bond acceptors (Lipinski definition) is 4. The highest BCUT2D eigenvalue weighted by Gasteiger charge is 2.28. The maximum atomic E-state index is 12.0. The van der Waals surface area contributed by atoms with Crippen molar-refractivity contribution in [2.75, 3.05) is 18.4 Å². The number of amides is 1. The Morgan fingerprint density at radius 2 is 1.87 bits per heavy atom. The molecule has 1 aliphatic carbocycles. The maximum absolute atomic E-state index is 12.0.